The number of rotatable bonds is 4. The summed E-state index contributed by atoms with van der Waals surface area (Å²) in [6, 6.07) is 0. The van der Waals surface area contributed by atoms with E-state index in [-0.39, 0.29) is 5.91 Å². The van der Waals surface area contributed by atoms with Crippen LogP contribution in [0.2, 0.25) is 0 Å². The second-order valence-corrected chi connectivity index (χ2v) is 6.45. The van der Waals surface area contributed by atoms with Gasteiger partial charge >= 0.3 is 0 Å². The van der Waals surface area contributed by atoms with Crippen molar-refractivity contribution in [1.29, 1.82) is 0 Å². The van der Waals surface area contributed by atoms with Gasteiger partial charge in [-0.2, -0.15) is 0 Å². The van der Waals surface area contributed by atoms with E-state index in [1.54, 1.807) is 11.3 Å². The molecule has 0 aliphatic carbocycles. The molecule has 0 bridgehead atoms. The molecule has 1 aromatic rings. The number of hydrogen-bond acceptors (Lipinski definition) is 4. The first-order valence-corrected chi connectivity index (χ1v) is 6.51. The zero-order valence-corrected chi connectivity index (χ0v) is 11.9. The highest BCUT2D eigenvalue weighted by molar-refractivity contribution is 7.09. The van der Waals surface area contributed by atoms with Crippen LogP contribution in [0.5, 0.6) is 0 Å². The molecule has 0 aliphatic rings. The van der Waals surface area contributed by atoms with Gasteiger partial charge in [-0.15, -0.1) is 11.3 Å². The number of nitrogens with one attached hydrogen (secondary N) is 1. The fourth-order valence-electron chi connectivity index (χ4n) is 1.17. The maximum absolute atomic E-state index is 12.1. The van der Waals surface area contributed by atoms with Crippen molar-refractivity contribution in [2.45, 2.75) is 46.7 Å². The van der Waals surface area contributed by atoms with Crippen LogP contribution in [-0.2, 0) is 11.3 Å². The van der Waals surface area contributed by atoms with E-state index in [9.17, 15) is 4.79 Å². The number of nitrogens with zero attached hydrogens (tertiary/aromatic N) is 1. The predicted molar refractivity (Wildman–Crippen MR) is 70.7 cm³/mol. The number of amides is 1. The summed E-state index contributed by atoms with van der Waals surface area (Å²) in [5, 5.41) is 5.85. The second-order valence-electron chi connectivity index (χ2n) is 5.39. The van der Waals surface area contributed by atoms with Crippen molar-refractivity contribution in [3.8, 4) is 0 Å². The minimum atomic E-state index is -0.613. The van der Waals surface area contributed by atoms with E-state index in [1.807, 2.05) is 40.0 Å². The smallest absolute Gasteiger partial charge is 0.227 e. The van der Waals surface area contributed by atoms with Gasteiger partial charge < -0.3 is 11.1 Å². The van der Waals surface area contributed by atoms with Crippen LogP contribution in [-0.4, -0.2) is 16.4 Å². The summed E-state index contributed by atoms with van der Waals surface area (Å²) in [4.78, 5) is 16.4. The largest absolute Gasteiger partial charge is 0.350 e. The molecule has 0 atom stereocenters. The summed E-state index contributed by atoms with van der Waals surface area (Å²) in [5.74, 6) is -0.0457. The number of aryl methyl sites for hydroxylation is 1. The summed E-state index contributed by atoms with van der Waals surface area (Å²) in [6.07, 6.45) is 0. The highest BCUT2D eigenvalue weighted by atomic mass is 32.1. The van der Waals surface area contributed by atoms with Crippen LogP contribution in [0.3, 0.4) is 0 Å². The average molecular weight is 255 g/mol. The first kappa shape index (κ1) is 14.1. The molecular formula is C12H21N3OS. The molecule has 5 heteroatoms. The zero-order valence-electron chi connectivity index (χ0n) is 11.1. The molecule has 1 aromatic heterocycles. The van der Waals surface area contributed by atoms with E-state index in [4.69, 9.17) is 5.73 Å². The van der Waals surface area contributed by atoms with Crippen molar-refractivity contribution in [2.24, 2.45) is 11.1 Å². The van der Waals surface area contributed by atoms with Crippen LogP contribution in [0.4, 0.5) is 0 Å². The van der Waals surface area contributed by atoms with Crippen molar-refractivity contribution in [1.82, 2.24) is 10.3 Å². The maximum Gasteiger partial charge on any atom is 0.227 e. The molecule has 1 rings (SSSR count). The van der Waals surface area contributed by atoms with E-state index in [0.717, 1.165) is 10.7 Å². The van der Waals surface area contributed by atoms with E-state index in [1.165, 1.54) is 0 Å². The molecule has 0 aliphatic heterocycles. The van der Waals surface area contributed by atoms with E-state index >= 15 is 0 Å². The van der Waals surface area contributed by atoms with E-state index in [0.29, 0.717) is 6.54 Å². The van der Waals surface area contributed by atoms with Gasteiger partial charge in [0.05, 0.1) is 22.7 Å². The van der Waals surface area contributed by atoms with Crippen LogP contribution in [0, 0.1) is 12.3 Å². The van der Waals surface area contributed by atoms with Crippen molar-refractivity contribution < 1.29 is 4.79 Å². The van der Waals surface area contributed by atoms with E-state index in [2.05, 4.69) is 10.3 Å². The Morgan fingerprint density at radius 2 is 2.06 bits per heavy atom. The van der Waals surface area contributed by atoms with Gasteiger partial charge in [0, 0.05) is 10.9 Å². The molecular weight excluding hydrogens is 234 g/mol. The Hall–Kier alpha value is -0.940. The van der Waals surface area contributed by atoms with Crippen LogP contribution >= 0.6 is 11.3 Å². The number of carbonyl (C=O) groups is 1. The average Bonchev–Trinajstić information content (AvgIpc) is 2.58. The third-order valence-corrected chi connectivity index (χ3v) is 4.10. The molecule has 1 heterocycles. The maximum atomic E-state index is 12.1. The minimum absolute atomic E-state index is 0.0457. The predicted octanol–water partition coefficient (Wildman–Crippen LogP) is 1.83. The molecule has 0 fully saturated rings. The van der Waals surface area contributed by atoms with Crippen molar-refractivity contribution in [2.75, 3.05) is 0 Å². The molecule has 4 nitrogen and oxygen atoms in total. The van der Waals surface area contributed by atoms with Gasteiger partial charge in [0.1, 0.15) is 0 Å². The number of thiazole rings is 1. The Morgan fingerprint density at radius 1 is 1.47 bits per heavy atom. The molecule has 1 amide bonds. The number of carbonyl (C=O) groups excluding carboxylic acids is 1. The third-order valence-electron chi connectivity index (χ3n) is 3.28. The van der Waals surface area contributed by atoms with Crippen LogP contribution < -0.4 is 11.1 Å². The van der Waals surface area contributed by atoms with Crippen molar-refractivity contribution in [3.63, 3.8) is 0 Å². The summed E-state index contributed by atoms with van der Waals surface area (Å²) >= 11 is 1.58. The Kier molecular flexibility index (Phi) is 3.94. The molecule has 0 radical (unpaired) electrons. The van der Waals surface area contributed by atoms with Gasteiger partial charge in [0.15, 0.2) is 0 Å². The Morgan fingerprint density at radius 3 is 2.47 bits per heavy atom. The fourth-order valence-corrected chi connectivity index (χ4v) is 1.79. The molecule has 96 valence electrons. The lowest BCUT2D eigenvalue weighted by molar-refractivity contribution is -0.132. The van der Waals surface area contributed by atoms with Crippen molar-refractivity contribution >= 4 is 17.2 Å². The molecule has 0 unspecified atom stereocenters. The molecule has 0 aromatic carbocycles. The molecule has 0 spiro atoms. The topological polar surface area (TPSA) is 68.0 Å². The van der Waals surface area contributed by atoms with Gasteiger partial charge in [0.25, 0.3) is 0 Å². The highest BCUT2D eigenvalue weighted by Crippen LogP contribution is 2.28. The standard InChI is InChI=1S/C12H21N3OS/c1-8-15-9(7-17-8)6-14-10(16)11(2,3)12(4,5)13/h7H,6,13H2,1-5H3,(H,14,16). The van der Waals surface area contributed by atoms with E-state index < -0.39 is 11.0 Å². The van der Waals surface area contributed by atoms with Crippen LogP contribution in [0.25, 0.3) is 0 Å². The number of hydrogen-bond donors (Lipinski definition) is 2. The molecule has 3 N–H and O–H groups in total. The van der Waals surface area contributed by atoms with Gasteiger partial charge in [-0.3, -0.25) is 4.79 Å². The first-order valence-electron chi connectivity index (χ1n) is 5.63. The van der Waals surface area contributed by atoms with Gasteiger partial charge in [0.2, 0.25) is 5.91 Å². The first-order chi connectivity index (χ1) is 7.64. The fraction of sp³-hybridized carbons (Fsp3) is 0.667. The monoisotopic (exact) mass is 255 g/mol. The summed E-state index contributed by atoms with van der Waals surface area (Å²) < 4.78 is 0. The normalized spacial score (nSPS) is 12.6. The quantitative estimate of drug-likeness (QED) is 0.862. The highest BCUT2D eigenvalue weighted by Gasteiger charge is 2.40. The lowest BCUT2D eigenvalue weighted by Gasteiger charge is -2.36. The number of nitrogens with two attached hydrogens (primary N) is 1. The Bertz CT molecular complexity index is 404. The summed E-state index contributed by atoms with van der Waals surface area (Å²) in [5.41, 5.74) is 5.73. The SMILES string of the molecule is Cc1nc(CNC(=O)C(C)(C)C(C)(C)N)cs1. The zero-order chi connectivity index (χ0) is 13.3. The molecule has 0 saturated heterocycles. The minimum Gasteiger partial charge on any atom is -0.350 e. The Labute approximate surface area is 107 Å². The Balaban J connectivity index is 2.61. The van der Waals surface area contributed by atoms with Gasteiger partial charge in [-0.25, -0.2) is 4.98 Å². The van der Waals surface area contributed by atoms with Gasteiger partial charge in [-0.1, -0.05) is 0 Å². The third kappa shape index (κ3) is 3.26. The van der Waals surface area contributed by atoms with Crippen LogP contribution in [0.1, 0.15) is 38.4 Å². The van der Waals surface area contributed by atoms with Crippen LogP contribution in [0.15, 0.2) is 5.38 Å². The summed E-state index contributed by atoms with van der Waals surface area (Å²) in [6.45, 7) is 9.84. The lowest BCUT2D eigenvalue weighted by Crippen LogP contribution is -2.55. The van der Waals surface area contributed by atoms with Gasteiger partial charge in [-0.05, 0) is 34.6 Å². The molecule has 17 heavy (non-hydrogen) atoms. The summed E-state index contributed by atoms with van der Waals surface area (Å²) in [7, 11) is 0. The number of aromatic nitrogens is 1. The second kappa shape index (κ2) is 4.74. The van der Waals surface area contributed by atoms with Crippen molar-refractivity contribution in [3.05, 3.63) is 16.1 Å². The molecule has 0 saturated carbocycles. The lowest BCUT2D eigenvalue weighted by atomic mass is 9.74.